The van der Waals surface area contributed by atoms with Crippen LogP contribution in [-0.2, 0) is 16.1 Å². The van der Waals surface area contributed by atoms with E-state index in [0.717, 1.165) is 16.9 Å². The van der Waals surface area contributed by atoms with Crippen molar-refractivity contribution >= 4 is 23.2 Å². The summed E-state index contributed by atoms with van der Waals surface area (Å²) in [5.74, 6) is 0.555. The second-order valence-electron chi connectivity index (χ2n) is 5.44. The number of carbonyl (C=O) groups excluding carboxylic acids is 1. The number of benzene rings is 2. The smallest absolute Gasteiger partial charge is 0.273 e. The Morgan fingerprint density at radius 2 is 1.88 bits per heavy atom. The van der Waals surface area contributed by atoms with E-state index in [0.29, 0.717) is 23.6 Å². The first-order valence-electron chi connectivity index (χ1n) is 7.84. The summed E-state index contributed by atoms with van der Waals surface area (Å²) in [6, 6.07) is 12.8. The molecule has 0 aliphatic carbocycles. The second kappa shape index (κ2) is 9.08. The van der Waals surface area contributed by atoms with Crippen LogP contribution in [0.3, 0.4) is 0 Å². The fourth-order valence-electron chi connectivity index (χ4n) is 2.42. The first-order chi connectivity index (χ1) is 12.0. The second-order valence-corrected chi connectivity index (χ2v) is 5.88. The van der Waals surface area contributed by atoms with E-state index in [1.165, 1.54) is 7.11 Å². The molecule has 6 heteroatoms. The first-order valence-corrected chi connectivity index (χ1v) is 8.21. The maximum atomic E-state index is 12.4. The SMILES string of the molecule is CO/N=C(\C(=O)NCCc1ccc(OC)c(C)c1)c1ccc(Cl)cc1. The maximum absolute atomic E-state index is 12.4. The van der Waals surface area contributed by atoms with Crippen LogP contribution < -0.4 is 10.1 Å². The lowest BCUT2D eigenvalue weighted by Gasteiger charge is -2.10. The van der Waals surface area contributed by atoms with Gasteiger partial charge in [0.15, 0.2) is 5.71 Å². The summed E-state index contributed by atoms with van der Waals surface area (Å²) in [7, 11) is 3.05. The van der Waals surface area contributed by atoms with Crippen molar-refractivity contribution < 1.29 is 14.4 Å². The summed E-state index contributed by atoms with van der Waals surface area (Å²) >= 11 is 5.88. The van der Waals surface area contributed by atoms with Gasteiger partial charge in [0, 0.05) is 17.1 Å². The number of rotatable bonds is 7. The summed E-state index contributed by atoms with van der Waals surface area (Å²) < 4.78 is 5.25. The van der Waals surface area contributed by atoms with E-state index in [4.69, 9.17) is 21.2 Å². The molecule has 0 aliphatic rings. The number of nitrogens with one attached hydrogen (secondary N) is 1. The Bertz CT molecular complexity index is 758. The van der Waals surface area contributed by atoms with E-state index < -0.39 is 0 Å². The fourth-order valence-corrected chi connectivity index (χ4v) is 2.55. The number of amides is 1. The molecule has 0 bridgehead atoms. The Kier molecular flexibility index (Phi) is 6.83. The van der Waals surface area contributed by atoms with E-state index in [1.807, 2.05) is 25.1 Å². The number of aryl methyl sites for hydroxylation is 1. The largest absolute Gasteiger partial charge is 0.496 e. The molecule has 25 heavy (non-hydrogen) atoms. The van der Waals surface area contributed by atoms with E-state index in [1.54, 1.807) is 31.4 Å². The van der Waals surface area contributed by atoms with Crippen molar-refractivity contribution in [2.24, 2.45) is 5.16 Å². The molecular weight excluding hydrogens is 340 g/mol. The normalized spacial score (nSPS) is 11.1. The molecule has 132 valence electrons. The van der Waals surface area contributed by atoms with Crippen LogP contribution in [0.2, 0.25) is 5.02 Å². The quantitative estimate of drug-likeness (QED) is 0.608. The molecule has 2 aromatic rings. The monoisotopic (exact) mass is 360 g/mol. The van der Waals surface area contributed by atoms with Crippen molar-refractivity contribution in [3.05, 3.63) is 64.2 Å². The minimum atomic E-state index is -0.297. The third kappa shape index (κ3) is 5.22. The zero-order valence-electron chi connectivity index (χ0n) is 14.5. The van der Waals surface area contributed by atoms with Gasteiger partial charge in [0.2, 0.25) is 0 Å². The van der Waals surface area contributed by atoms with Crippen LogP contribution in [0.4, 0.5) is 0 Å². The molecule has 2 rings (SSSR count). The Hall–Kier alpha value is -2.53. The van der Waals surface area contributed by atoms with Crippen LogP contribution in [0.25, 0.3) is 0 Å². The van der Waals surface area contributed by atoms with E-state index >= 15 is 0 Å². The Balaban J connectivity index is 1.98. The van der Waals surface area contributed by atoms with Crippen LogP contribution in [0.1, 0.15) is 16.7 Å². The van der Waals surface area contributed by atoms with Gasteiger partial charge in [0.25, 0.3) is 5.91 Å². The average Bonchev–Trinajstić information content (AvgIpc) is 2.60. The summed E-state index contributed by atoms with van der Waals surface area (Å²) in [6.07, 6.45) is 0.706. The van der Waals surface area contributed by atoms with Crippen molar-refractivity contribution in [1.82, 2.24) is 5.32 Å². The lowest BCUT2D eigenvalue weighted by atomic mass is 10.1. The highest BCUT2D eigenvalue weighted by Crippen LogP contribution is 2.18. The molecule has 0 unspecified atom stereocenters. The van der Waals surface area contributed by atoms with Crippen LogP contribution in [0.15, 0.2) is 47.6 Å². The van der Waals surface area contributed by atoms with E-state index in [-0.39, 0.29) is 11.6 Å². The summed E-state index contributed by atoms with van der Waals surface area (Å²) in [4.78, 5) is 17.2. The number of ether oxygens (including phenoxy) is 1. The van der Waals surface area contributed by atoms with Gasteiger partial charge < -0.3 is 14.9 Å². The van der Waals surface area contributed by atoms with Gasteiger partial charge in [0.1, 0.15) is 12.9 Å². The molecule has 0 atom stereocenters. The topological polar surface area (TPSA) is 59.9 Å². The van der Waals surface area contributed by atoms with Crippen LogP contribution in [0.5, 0.6) is 5.75 Å². The minimum absolute atomic E-state index is 0.213. The van der Waals surface area contributed by atoms with E-state index in [2.05, 4.69) is 10.5 Å². The van der Waals surface area contributed by atoms with Gasteiger partial charge in [-0.15, -0.1) is 0 Å². The lowest BCUT2D eigenvalue weighted by molar-refractivity contribution is -0.114. The standard InChI is InChI=1S/C19H21ClN2O3/c1-13-12-14(4-9-17(13)24-2)10-11-21-19(23)18(22-25-3)15-5-7-16(20)8-6-15/h4-9,12H,10-11H2,1-3H3,(H,21,23)/b22-18-. The molecule has 2 aromatic carbocycles. The zero-order chi connectivity index (χ0) is 18.2. The molecule has 1 amide bonds. The summed E-state index contributed by atoms with van der Waals surface area (Å²) in [6.45, 7) is 2.48. The first kappa shape index (κ1) is 18.8. The fraction of sp³-hybridized carbons (Fsp3) is 0.263. The molecular formula is C19H21ClN2O3. The maximum Gasteiger partial charge on any atom is 0.273 e. The third-order valence-electron chi connectivity index (χ3n) is 3.67. The Morgan fingerprint density at radius 3 is 2.48 bits per heavy atom. The average molecular weight is 361 g/mol. The number of nitrogens with zero attached hydrogens (tertiary/aromatic N) is 1. The van der Waals surface area contributed by atoms with Crippen molar-refractivity contribution in [2.45, 2.75) is 13.3 Å². The van der Waals surface area contributed by atoms with Gasteiger partial charge in [0.05, 0.1) is 7.11 Å². The van der Waals surface area contributed by atoms with E-state index in [9.17, 15) is 4.79 Å². The molecule has 0 saturated carbocycles. The third-order valence-corrected chi connectivity index (χ3v) is 3.93. The highest BCUT2D eigenvalue weighted by atomic mass is 35.5. The van der Waals surface area contributed by atoms with Gasteiger partial charge in [-0.25, -0.2) is 0 Å². The van der Waals surface area contributed by atoms with Crippen molar-refractivity contribution in [3.8, 4) is 5.75 Å². The number of methoxy groups -OCH3 is 1. The van der Waals surface area contributed by atoms with Crippen LogP contribution >= 0.6 is 11.6 Å². The summed E-state index contributed by atoms with van der Waals surface area (Å²) in [5.41, 5.74) is 3.04. The van der Waals surface area contributed by atoms with Crippen molar-refractivity contribution in [2.75, 3.05) is 20.8 Å². The number of hydrogen-bond acceptors (Lipinski definition) is 4. The molecule has 0 heterocycles. The molecule has 5 nitrogen and oxygen atoms in total. The van der Waals surface area contributed by atoms with Gasteiger partial charge in [-0.1, -0.05) is 41.0 Å². The van der Waals surface area contributed by atoms with Crippen LogP contribution in [-0.4, -0.2) is 32.4 Å². The lowest BCUT2D eigenvalue weighted by Crippen LogP contribution is -2.33. The predicted octanol–water partition coefficient (Wildman–Crippen LogP) is 3.37. The van der Waals surface area contributed by atoms with Crippen molar-refractivity contribution in [3.63, 3.8) is 0 Å². The van der Waals surface area contributed by atoms with Gasteiger partial charge in [-0.3, -0.25) is 4.79 Å². The molecule has 0 fully saturated rings. The molecule has 0 saturated heterocycles. The molecule has 0 radical (unpaired) electrons. The molecule has 1 N–H and O–H groups in total. The zero-order valence-corrected chi connectivity index (χ0v) is 15.3. The molecule has 0 spiro atoms. The number of oxime groups is 1. The highest BCUT2D eigenvalue weighted by molar-refractivity contribution is 6.45. The predicted molar refractivity (Wildman–Crippen MR) is 99.4 cm³/mol. The van der Waals surface area contributed by atoms with Gasteiger partial charge in [-0.2, -0.15) is 0 Å². The summed E-state index contributed by atoms with van der Waals surface area (Å²) in [5, 5.41) is 7.29. The number of hydrogen-bond donors (Lipinski definition) is 1. The molecule has 0 aliphatic heterocycles. The van der Waals surface area contributed by atoms with Gasteiger partial charge >= 0.3 is 0 Å². The van der Waals surface area contributed by atoms with Crippen molar-refractivity contribution in [1.29, 1.82) is 0 Å². The highest BCUT2D eigenvalue weighted by Gasteiger charge is 2.14. The Morgan fingerprint density at radius 1 is 1.16 bits per heavy atom. The minimum Gasteiger partial charge on any atom is -0.496 e. The van der Waals surface area contributed by atoms with Crippen LogP contribution in [0, 0.1) is 6.92 Å². The number of halogens is 1. The molecule has 0 aromatic heterocycles. The van der Waals surface area contributed by atoms with Gasteiger partial charge in [-0.05, 0) is 42.7 Å². The Labute approximate surface area is 152 Å². The number of carbonyl (C=O) groups is 1.